The van der Waals surface area contributed by atoms with E-state index in [1.807, 2.05) is 6.92 Å². The SMILES string of the molecule is Cn1ncnc1CC(=O)C1(C)CCCO1. The smallest absolute Gasteiger partial charge is 0.171 e. The summed E-state index contributed by atoms with van der Waals surface area (Å²) in [5.74, 6) is 0.785. The van der Waals surface area contributed by atoms with Crippen molar-refractivity contribution in [2.24, 2.45) is 7.05 Å². The molecule has 15 heavy (non-hydrogen) atoms. The van der Waals surface area contributed by atoms with Gasteiger partial charge >= 0.3 is 0 Å². The van der Waals surface area contributed by atoms with Gasteiger partial charge in [0, 0.05) is 13.7 Å². The lowest BCUT2D eigenvalue weighted by Crippen LogP contribution is -2.36. The van der Waals surface area contributed by atoms with Crippen molar-refractivity contribution >= 4 is 5.78 Å². The molecule has 82 valence electrons. The molecule has 0 radical (unpaired) electrons. The quantitative estimate of drug-likeness (QED) is 0.727. The third-order valence-corrected chi connectivity index (χ3v) is 2.93. The molecule has 0 aliphatic carbocycles. The van der Waals surface area contributed by atoms with Gasteiger partial charge in [0.25, 0.3) is 0 Å². The van der Waals surface area contributed by atoms with Gasteiger partial charge in [0.05, 0.1) is 6.42 Å². The lowest BCUT2D eigenvalue weighted by Gasteiger charge is -2.20. The largest absolute Gasteiger partial charge is 0.367 e. The van der Waals surface area contributed by atoms with E-state index >= 15 is 0 Å². The van der Waals surface area contributed by atoms with Gasteiger partial charge in [-0.15, -0.1) is 0 Å². The number of ether oxygens (including phenoxy) is 1. The number of carbonyl (C=O) groups is 1. The summed E-state index contributed by atoms with van der Waals surface area (Å²) < 4.78 is 7.11. The number of aryl methyl sites for hydroxylation is 1. The third kappa shape index (κ3) is 1.92. The number of hydrogen-bond acceptors (Lipinski definition) is 4. The van der Waals surface area contributed by atoms with E-state index in [2.05, 4.69) is 10.1 Å². The third-order valence-electron chi connectivity index (χ3n) is 2.93. The Morgan fingerprint density at radius 3 is 3.07 bits per heavy atom. The maximum absolute atomic E-state index is 12.0. The van der Waals surface area contributed by atoms with E-state index in [9.17, 15) is 4.79 Å². The minimum Gasteiger partial charge on any atom is -0.367 e. The molecule has 5 nitrogen and oxygen atoms in total. The van der Waals surface area contributed by atoms with Gasteiger partial charge in [0.1, 0.15) is 17.8 Å². The van der Waals surface area contributed by atoms with Gasteiger partial charge in [-0.25, -0.2) is 4.98 Å². The van der Waals surface area contributed by atoms with E-state index in [0.717, 1.165) is 12.8 Å². The summed E-state index contributed by atoms with van der Waals surface area (Å²) >= 11 is 0. The number of rotatable bonds is 3. The first-order valence-electron chi connectivity index (χ1n) is 5.12. The fraction of sp³-hybridized carbons (Fsp3) is 0.700. The maximum atomic E-state index is 12.0. The van der Waals surface area contributed by atoms with Gasteiger partial charge in [-0.3, -0.25) is 9.48 Å². The van der Waals surface area contributed by atoms with Crippen LogP contribution in [-0.4, -0.2) is 32.8 Å². The molecule has 0 saturated carbocycles. The highest BCUT2D eigenvalue weighted by atomic mass is 16.5. The predicted molar refractivity (Wildman–Crippen MR) is 53.3 cm³/mol. The summed E-state index contributed by atoms with van der Waals surface area (Å²) in [4.78, 5) is 16.0. The van der Waals surface area contributed by atoms with E-state index in [4.69, 9.17) is 4.74 Å². The summed E-state index contributed by atoms with van der Waals surface area (Å²) in [5, 5.41) is 3.93. The van der Waals surface area contributed by atoms with Crippen molar-refractivity contribution in [1.29, 1.82) is 0 Å². The van der Waals surface area contributed by atoms with Crippen LogP contribution in [0.2, 0.25) is 0 Å². The lowest BCUT2D eigenvalue weighted by molar-refractivity contribution is -0.136. The molecular weight excluding hydrogens is 194 g/mol. The Morgan fingerprint density at radius 1 is 1.73 bits per heavy atom. The molecule has 0 amide bonds. The van der Waals surface area contributed by atoms with Crippen LogP contribution >= 0.6 is 0 Å². The summed E-state index contributed by atoms with van der Waals surface area (Å²) in [5.41, 5.74) is -0.605. The Hall–Kier alpha value is -1.23. The molecule has 1 aliphatic rings. The normalized spacial score (nSPS) is 25.7. The van der Waals surface area contributed by atoms with Crippen LogP contribution in [0.1, 0.15) is 25.6 Å². The zero-order chi connectivity index (χ0) is 10.9. The van der Waals surface area contributed by atoms with Gasteiger partial charge in [-0.1, -0.05) is 0 Å². The van der Waals surface area contributed by atoms with Crippen LogP contribution < -0.4 is 0 Å². The van der Waals surface area contributed by atoms with Crippen LogP contribution in [0.25, 0.3) is 0 Å². The molecule has 0 N–H and O–H groups in total. The molecule has 1 aliphatic heterocycles. The highest BCUT2D eigenvalue weighted by Gasteiger charge is 2.37. The van der Waals surface area contributed by atoms with E-state index in [1.54, 1.807) is 11.7 Å². The number of ketones is 1. The summed E-state index contributed by atoms with van der Waals surface area (Å²) in [6.07, 6.45) is 3.53. The minimum atomic E-state index is -0.605. The second kappa shape index (κ2) is 3.73. The van der Waals surface area contributed by atoms with Gasteiger partial charge < -0.3 is 4.74 Å². The summed E-state index contributed by atoms with van der Waals surface area (Å²) in [6.45, 7) is 2.54. The summed E-state index contributed by atoms with van der Waals surface area (Å²) in [7, 11) is 1.79. The van der Waals surface area contributed by atoms with Crippen LogP contribution in [0.15, 0.2) is 6.33 Å². The van der Waals surface area contributed by atoms with Gasteiger partial charge in [-0.05, 0) is 19.8 Å². The van der Waals surface area contributed by atoms with Crippen LogP contribution in [0.3, 0.4) is 0 Å². The molecule has 0 aromatic carbocycles. The Balaban J connectivity index is 2.07. The van der Waals surface area contributed by atoms with Crippen LogP contribution in [0.5, 0.6) is 0 Å². The number of Topliss-reactive ketones (excluding diaryl/α,β-unsaturated/α-hetero) is 1. The molecule has 5 heteroatoms. The molecular formula is C10H15N3O2. The Bertz CT molecular complexity index is 366. The molecule has 1 aromatic rings. The molecule has 0 bridgehead atoms. The standard InChI is InChI=1S/C10H15N3O2/c1-10(4-3-5-15-10)8(14)6-9-11-7-12-13(9)2/h7H,3-6H2,1-2H3. The first-order chi connectivity index (χ1) is 7.12. The minimum absolute atomic E-state index is 0.0936. The van der Waals surface area contributed by atoms with Crippen molar-refractivity contribution in [2.45, 2.75) is 31.8 Å². The Kier molecular flexibility index (Phi) is 2.56. The van der Waals surface area contributed by atoms with Crippen molar-refractivity contribution in [3.05, 3.63) is 12.2 Å². The van der Waals surface area contributed by atoms with E-state index in [0.29, 0.717) is 18.9 Å². The van der Waals surface area contributed by atoms with Crippen molar-refractivity contribution in [3.63, 3.8) is 0 Å². The van der Waals surface area contributed by atoms with Gasteiger partial charge in [0.15, 0.2) is 5.78 Å². The van der Waals surface area contributed by atoms with E-state index in [-0.39, 0.29) is 5.78 Å². The number of nitrogens with zero attached hydrogens (tertiary/aromatic N) is 3. The number of aromatic nitrogens is 3. The second-order valence-electron chi connectivity index (χ2n) is 4.08. The predicted octanol–water partition coefficient (Wildman–Crippen LogP) is 0.496. The molecule has 1 atom stereocenters. The molecule has 1 unspecified atom stereocenters. The maximum Gasteiger partial charge on any atom is 0.171 e. The van der Waals surface area contributed by atoms with E-state index < -0.39 is 5.60 Å². The second-order valence-corrected chi connectivity index (χ2v) is 4.08. The first-order valence-corrected chi connectivity index (χ1v) is 5.12. The topological polar surface area (TPSA) is 57.0 Å². The van der Waals surface area contributed by atoms with Crippen LogP contribution in [-0.2, 0) is 23.0 Å². The number of carbonyl (C=O) groups excluding carboxylic acids is 1. The average Bonchev–Trinajstić information content (AvgIpc) is 2.78. The highest BCUT2D eigenvalue weighted by Crippen LogP contribution is 2.26. The summed E-state index contributed by atoms with van der Waals surface area (Å²) in [6, 6.07) is 0. The van der Waals surface area contributed by atoms with Crippen molar-refractivity contribution in [1.82, 2.24) is 14.8 Å². The Labute approximate surface area is 88.4 Å². The molecule has 2 heterocycles. The lowest BCUT2D eigenvalue weighted by atomic mass is 9.95. The van der Waals surface area contributed by atoms with Gasteiger partial charge in [0.2, 0.25) is 0 Å². The van der Waals surface area contributed by atoms with Crippen molar-refractivity contribution in [3.8, 4) is 0 Å². The molecule has 1 aromatic heterocycles. The number of hydrogen-bond donors (Lipinski definition) is 0. The average molecular weight is 209 g/mol. The fourth-order valence-electron chi connectivity index (χ4n) is 1.81. The monoisotopic (exact) mass is 209 g/mol. The van der Waals surface area contributed by atoms with Crippen LogP contribution in [0.4, 0.5) is 0 Å². The zero-order valence-electron chi connectivity index (χ0n) is 9.06. The molecule has 0 spiro atoms. The Morgan fingerprint density at radius 2 is 2.53 bits per heavy atom. The fourth-order valence-corrected chi connectivity index (χ4v) is 1.81. The highest BCUT2D eigenvalue weighted by molar-refractivity contribution is 5.88. The van der Waals surface area contributed by atoms with Crippen LogP contribution in [0, 0.1) is 0 Å². The van der Waals surface area contributed by atoms with Crippen molar-refractivity contribution < 1.29 is 9.53 Å². The molecule has 1 fully saturated rings. The van der Waals surface area contributed by atoms with E-state index in [1.165, 1.54) is 6.33 Å². The van der Waals surface area contributed by atoms with Crippen molar-refractivity contribution in [2.75, 3.05) is 6.61 Å². The molecule has 1 saturated heterocycles. The first kappa shape index (κ1) is 10.3. The zero-order valence-corrected chi connectivity index (χ0v) is 9.06. The van der Waals surface area contributed by atoms with Gasteiger partial charge in [-0.2, -0.15) is 5.10 Å². The molecule has 2 rings (SSSR count).